The molecule has 0 N–H and O–H groups in total. The van der Waals surface area contributed by atoms with Crippen molar-refractivity contribution in [1.82, 2.24) is 0 Å². The maximum absolute atomic E-state index is 12.2. The van der Waals surface area contributed by atoms with E-state index in [2.05, 4.69) is 12.1 Å². The smallest absolute Gasteiger partial charge is 0.185 e. The third-order valence-electron chi connectivity index (χ3n) is 3.85. The van der Waals surface area contributed by atoms with Crippen molar-refractivity contribution in [3.8, 4) is 6.07 Å². The lowest BCUT2D eigenvalue weighted by Gasteiger charge is -2.01. The SMILES string of the molecule is N#Cc1ccc(C=CC(=O)c2ccc3c(c2)CCC3)cc1. The normalized spacial score (nSPS) is 13.1. The fourth-order valence-corrected chi connectivity index (χ4v) is 2.66. The summed E-state index contributed by atoms with van der Waals surface area (Å²) in [7, 11) is 0. The summed E-state index contributed by atoms with van der Waals surface area (Å²) < 4.78 is 0. The van der Waals surface area contributed by atoms with Gasteiger partial charge in [0.05, 0.1) is 11.6 Å². The predicted molar refractivity (Wildman–Crippen MR) is 83.0 cm³/mol. The molecule has 2 aromatic rings. The van der Waals surface area contributed by atoms with E-state index >= 15 is 0 Å². The van der Waals surface area contributed by atoms with E-state index in [9.17, 15) is 4.79 Å². The van der Waals surface area contributed by atoms with Crippen LogP contribution in [0.25, 0.3) is 6.08 Å². The summed E-state index contributed by atoms with van der Waals surface area (Å²) in [6.45, 7) is 0. The van der Waals surface area contributed by atoms with Gasteiger partial charge in [-0.1, -0.05) is 30.3 Å². The second-order valence-corrected chi connectivity index (χ2v) is 5.27. The molecule has 0 fully saturated rings. The fraction of sp³-hybridized carbons (Fsp3) is 0.158. The van der Waals surface area contributed by atoms with Crippen LogP contribution in [0.15, 0.2) is 48.5 Å². The van der Waals surface area contributed by atoms with Crippen LogP contribution in [0.1, 0.15) is 39.0 Å². The summed E-state index contributed by atoms with van der Waals surface area (Å²) >= 11 is 0. The maximum atomic E-state index is 12.2. The molecular formula is C19H15NO. The van der Waals surface area contributed by atoms with Gasteiger partial charge in [-0.25, -0.2) is 0 Å². The van der Waals surface area contributed by atoms with E-state index in [0.29, 0.717) is 5.56 Å². The minimum atomic E-state index is 0.0223. The van der Waals surface area contributed by atoms with E-state index in [0.717, 1.165) is 24.0 Å². The Bertz CT molecular complexity index is 748. The Morgan fingerprint density at radius 3 is 2.57 bits per heavy atom. The first kappa shape index (κ1) is 13.3. The number of rotatable bonds is 3. The molecule has 1 aliphatic rings. The van der Waals surface area contributed by atoms with Crippen LogP contribution >= 0.6 is 0 Å². The van der Waals surface area contributed by atoms with Gasteiger partial charge in [-0.05, 0) is 60.2 Å². The Hall–Kier alpha value is -2.66. The Morgan fingerprint density at radius 2 is 1.81 bits per heavy atom. The Morgan fingerprint density at radius 1 is 1.05 bits per heavy atom. The first-order chi connectivity index (χ1) is 10.3. The number of benzene rings is 2. The van der Waals surface area contributed by atoms with E-state index < -0.39 is 0 Å². The van der Waals surface area contributed by atoms with E-state index in [1.165, 1.54) is 17.5 Å². The van der Waals surface area contributed by atoms with Gasteiger partial charge in [-0.3, -0.25) is 4.79 Å². The second-order valence-electron chi connectivity index (χ2n) is 5.27. The molecule has 0 radical (unpaired) electrons. The Labute approximate surface area is 124 Å². The number of carbonyl (C=O) groups excluding carboxylic acids is 1. The molecule has 2 heteroatoms. The van der Waals surface area contributed by atoms with Crippen LogP contribution in [-0.4, -0.2) is 5.78 Å². The largest absolute Gasteiger partial charge is 0.289 e. The number of ketones is 1. The van der Waals surface area contributed by atoms with Crippen LogP contribution in [0.4, 0.5) is 0 Å². The van der Waals surface area contributed by atoms with Gasteiger partial charge in [-0.15, -0.1) is 0 Å². The minimum Gasteiger partial charge on any atom is -0.289 e. The minimum absolute atomic E-state index is 0.0223. The van der Waals surface area contributed by atoms with Gasteiger partial charge in [0.15, 0.2) is 5.78 Å². The highest BCUT2D eigenvalue weighted by Crippen LogP contribution is 2.23. The number of allylic oxidation sites excluding steroid dienone is 1. The van der Waals surface area contributed by atoms with Crippen LogP contribution in [0, 0.1) is 11.3 Å². The van der Waals surface area contributed by atoms with Gasteiger partial charge in [0.25, 0.3) is 0 Å². The third-order valence-corrected chi connectivity index (χ3v) is 3.85. The Kier molecular flexibility index (Phi) is 3.66. The van der Waals surface area contributed by atoms with Gasteiger partial charge in [0.1, 0.15) is 0 Å². The molecule has 2 nitrogen and oxygen atoms in total. The van der Waals surface area contributed by atoms with Gasteiger partial charge >= 0.3 is 0 Å². The van der Waals surface area contributed by atoms with E-state index in [1.807, 2.05) is 24.3 Å². The van der Waals surface area contributed by atoms with Crippen LogP contribution < -0.4 is 0 Å². The zero-order valence-corrected chi connectivity index (χ0v) is 11.7. The topological polar surface area (TPSA) is 40.9 Å². The van der Waals surface area contributed by atoms with E-state index in [4.69, 9.17) is 5.26 Å². The van der Waals surface area contributed by atoms with Crippen molar-refractivity contribution in [2.24, 2.45) is 0 Å². The summed E-state index contributed by atoms with van der Waals surface area (Å²) in [4.78, 5) is 12.2. The lowest BCUT2D eigenvalue weighted by atomic mass is 10.0. The highest BCUT2D eigenvalue weighted by Gasteiger charge is 2.12. The standard InChI is InChI=1S/C19H15NO/c20-13-15-6-4-14(5-7-15)8-11-19(21)18-10-9-16-2-1-3-17(16)12-18/h4-12H,1-3H2. The summed E-state index contributed by atoms with van der Waals surface area (Å²) in [6.07, 6.45) is 6.78. The van der Waals surface area contributed by atoms with E-state index in [-0.39, 0.29) is 5.78 Å². The molecular weight excluding hydrogens is 258 g/mol. The van der Waals surface area contributed by atoms with Gasteiger partial charge in [0, 0.05) is 5.56 Å². The molecule has 3 rings (SSSR count). The maximum Gasteiger partial charge on any atom is 0.185 e. The number of fused-ring (bicyclic) bond motifs is 1. The zero-order chi connectivity index (χ0) is 14.7. The van der Waals surface area contributed by atoms with Crippen molar-refractivity contribution < 1.29 is 4.79 Å². The number of carbonyl (C=O) groups is 1. The molecule has 21 heavy (non-hydrogen) atoms. The quantitative estimate of drug-likeness (QED) is 0.627. The Balaban J connectivity index is 1.76. The first-order valence-electron chi connectivity index (χ1n) is 7.10. The molecule has 0 spiro atoms. The average molecular weight is 273 g/mol. The molecule has 1 aliphatic carbocycles. The fourth-order valence-electron chi connectivity index (χ4n) is 2.66. The van der Waals surface area contributed by atoms with Gasteiger partial charge < -0.3 is 0 Å². The monoisotopic (exact) mass is 273 g/mol. The van der Waals surface area contributed by atoms with Crippen molar-refractivity contribution in [3.63, 3.8) is 0 Å². The van der Waals surface area contributed by atoms with Crippen molar-refractivity contribution in [1.29, 1.82) is 5.26 Å². The van der Waals surface area contributed by atoms with Crippen LogP contribution in [-0.2, 0) is 12.8 Å². The summed E-state index contributed by atoms with van der Waals surface area (Å²) in [5.41, 5.74) is 4.98. The van der Waals surface area contributed by atoms with Gasteiger partial charge in [-0.2, -0.15) is 5.26 Å². The molecule has 0 aliphatic heterocycles. The highest BCUT2D eigenvalue weighted by molar-refractivity contribution is 6.07. The molecule has 0 unspecified atom stereocenters. The number of hydrogen-bond donors (Lipinski definition) is 0. The molecule has 0 atom stereocenters. The lowest BCUT2D eigenvalue weighted by Crippen LogP contribution is -1.96. The first-order valence-corrected chi connectivity index (χ1v) is 7.10. The molecule has 102 valence electrons. The second kappa shape index (κ2) is 5.76. The molecule has 0 aromatic heterocycles. The summed E-state index contributed by atoms with van der Waals surface area (Å²) in [6, 6.07) is 15.3. The zero-order valence-electron chi connectivity index (χ0n) is 11.7. The van der Waals surface area contributed by atoms with Crippen molar-refractivity contribution in [3.05, 3.63) is 76.4 Å². The predicted octanol–water partition coefficient (Wildman–Crippen LogP) is 3.94. The highest BCUT2D eigenvalue weighted by atomic mass is 16.1. The number of nitrogens with zero attached hydrogens (tertiary/aromatic N) is 1. The summed E-state index contributed by atoms with van der Waals surface area (Å²) in [5.74, 6) is 0.0223. The third kappa shape index (κ3) is 2.93. The molecule has 0 bridgehead atoms. The molecule has 0 heterocycles. The van der Waals surface area contributed by atoms with Crippen LogP contribution in [0.3, 0.4) is 0 Å². The number of aryl methyl sites for hydroxylation is 2. The van der Waals surface area contributed by atoms with Gasteiger partial charge in [0.2, 0.25) is 0 Å². The van der Waals surface area contributed by atoms with Crippen LogP contribution in [0.5, 0.6) is 0 Å². The van der Waals surface area contributed by atoms with Crippen molar-refractivity contribution in [2.75, 3.05) is 0 Å². The molecule has 0 saturated heterocycles. The number of nitriles is 1. The van der Waals surface area contributed by atoms with Crippen molar-refractivity contribution in [2.45, 2.75) is 19.3 Å². The summed E-state index contributed by atoms with van der Waals surface area (Å²) in [5, 5.41) is 8.75. The average Bonchev–Trinajstić information content (AvgIpc) is 3.00. The molecule has 0 saturated carbocycles. The van der Waals surface area contributed by atoms with Crippen LogP contribution in [0.2, 0.25) is 0 Å². The number of hydrogen-bond acceptors (Lipinski definition) is 2. The lowest BCUT2D eigenvalue weighted by molar-refractivity contribution is 0.104. The molecule has 0 amide bonds. The van der Waals surface area contributed by atoms with Crippen molar-refractivity contribution >= 4 is 11.9 Å². The molecule has 2 aromatic carbocycles. The van der Waals surface area contributed by atoms with E-state index in [1.54, 1.807) is 24.3 Å².